The smallest absolute Gasteiger partial charge is 0.225 e. The number of hydrogen-bond acceptors (Lipinski definition) is 2. The minimum absolute atomic E-state index is 0. The van der Waals surface area contributed by atoms with Gasteiger partial charge in [-0.1, -0.05) is 0 Å². The molecule has 1 fully saturated rings. The molecule has 1 amide bonds. The van der Waals surface area contributed by atoms with Crippen molar-refractivity contribution in [1.29, 1.82) is 0 Å². The van der Waals surface area contributed by atoms with Crippen LogP contribution in [0.5, 0.6) is 0 Å². The van der Waals surface area contributed by atoms with E-state index >= 15 is 0 Å². The van der Waals surface area contributed by atoms with E-state index in [1.165, 1.54) is 0 Å². The first-order valence-corrected chi connectivity index (χ1v) is 4.08. The molecular formula is C8H17NO2. The molecule has 0 aromatic heterocycles. The van der Waals surface area contributed by atoms with Crippen LogP contribution in [0.15, 0.2) is 0 Å². The number of ether oxygens (including phenoxy) is 1. The van der Waals surface area contributed by atoms with Gasteiger partial charge in [0.05, 0.1) is 12.5 Å². The highest BCUT2D eigenvalue weighted by Gasteiger charge is 2.23. The van der Waals surface area contributed by atoms with E-state index in [0.717, 1.165) is 13.0 Å². The molecule has 0 aliphatic carbocycles. The van der Waals surface area contributed by atoms with E-state index in [0.29, 0.717) is 6.61 Å². The Morgan fingerprint density at radius 1 is 1.73 bits per heavy atom. The van der Waals surface area contributed by atoms with Gasteiger partial charge in [-0.25, -0.2) is 0 Å². The van der Waals surface area contributed by atoms with Gasteiger partial charge in [-0.05, 0) is 20.3 Å². The molecule has 1 saturated heterocycles. The van der Waals surface area contributed by atoms with Crippen LogP contribution in [0.2, 0.25) is 0 Å². The molecule has 66 valence electrons. The highest BCUT2D eigenvalue weighted by atomic mass is 16.5. The Bertz CT molecular complexity index is 144. The van der Waals surface area contributed by atoms with E-state index in [1.807, 2.05) is 13.8 Å². The van der Waals surface area contributed by atoms with Gasteiger partial charge in [-0.2, -0.15) is 0 Å². The number of carbonyl (C=O) groups is 1. The van der Waals surface area contributed by atoms with Gasteiger partial charge in [-0.15, -0.1) is 0 Å². The molecule has 1 aliphatic rings. The predicted molar refractivity (Wildman–Crippen MR) is 44.3 cm³/mol. The molecule has 1 atom stereocenters. The highest BCUT2D eigenvalue weighted by molar-refractivity contribution is 5.79. The quantitative estimate of drug-likeness (QED) is 0.647. The second-order valence-corrected chi connectivity index (χ2v) is 3.22. The predicted octanol–water partition coefficient (Wildman–Crippen LogP) is 0.793. The van der Waals surface area contributed by atoms with Crippen LogP contribution >= 0.6 is 0 Å². The SMILES string of the molecule is CC(C)NC(=O)C1CCOC1.[HH]. The number of hydrogen-bond donors (Lipinski definition) is 1. The summed E-state index contributed by atoms with van der Waals surface area (Å²) in [6.07, 6.45) is 0.874. The molecule has 1 rings (SSSR count). The van der Waals surface area contributed by atoms with Crippen LogP contribution in [0, 0.1) is 5.92 Å². The summed E-state index contributed by atoms with van der Waals surface area (Å²) in [6, 6.07) is 0.239. The summed E-state index contributed by atoms with van der Waals surface area (Å²) in [5.74, 6) is 0.231. The molecular weight excluding hydrogens is 142 g/mol. The third-order valence-corrected chi connectivity index (χ3v) is 1.73. The lowest BCUT2D eigenvalue weighted by Crippen LogP contribution is -2.35. The molecule has 3 heteroatoms. The fourth-order valence-electron chi connectivity index (χ4n) is 1.14. The van der Waals surface area contributed by atoms with E-state index < -0.39 is 0 Å². The topological polar surface area (TPSA) is 38.3 Å². The van der Waals surface area contributed by atoms with Crippen molar-refractivity contribution in [1.82, 2.24) is 5.32 Å². The Hall–Kier alpha value is -0.570. The Labute approximate surface area is 68.6 Å². The van der Waals surface area contributed by atoms with Gasteiger partial charge in [0.25, 0.3) is 0 Å². The van der Waals surface area contributed by atoms with Crippen LogP contribution < -0.4 is 5.32 Å². The monoisotopic (exact) mass is 159 g/mol. The average molecular weight is 159 g/mol. The van der Waals surface area contributed by atoms with Crippen molar-refractivity contribution < 1.29 is 11.0 Å². The highest BCUT2D eigenvalue weighted by Crippen LogP contribution is 2.11. The summed E-state index contributed by atoms with van der Waals surface area (Å²) in [4.78, 5) is 11.3. The lowest BCUT2D eigenvalue weighted by molar-refractivity contribution is -0.125. The second kappa shape index (κ2) is 3.72. The maximum atomic E-state index is 11.3. The van der Waals surface area contributed by atoms with Crippen molar-refractivity contribution in [2.75, 3.05) is 13.2 Å². The maximum absolute atomic E-state index is 11.3. The minimum atomic E-state index is 0. The summed E-state index contributed by atoms with van der Waals surface area (Å²) < 4.78 is 5.10. The number of carbonyl (C=O) groups excluding carboxylic acids is 1. The van der Waals surface area contributed by atoms with Crippen molar-refractivity contribution in [3.05, 3.63) is 0 Å². The third-order valence-electron chi connectivity index (χ3n) is 1.73. The molecule has 0 aromatic carbocycles. The van der Waals surface area contributed by atoms with Crippen molar-refractivity contribution in [2.45, 2.75) is 26.3 Å². The van der Waals surface area contributed by atoms with Crippen molar-refractivity contribution in [3.63, 3.8) is 0 Å². The van der Waals surface area contributed by atoms with E-state index in [1.54, 1.807) is 0 Å². The molecule has 11 heavy (non-hydrogen) atoms. The van der Waals surface area contributed by atoms with Crippen LogP contribution in [-0.2, 0) is 9.53 Å². The van der Waals surface area contributed by atoms with Gasteiger partial charge in [-0.3, -0.25) is 4.79 Å². The van der Waals surface area contributed by atoms with Gasteiger partial charge in [0.2, 0.25) is 5.91 Å². The molecule has 1 heterocycles. The summed E-state index contributed by atoms with van der Waals surface area (Å²) in [5, 5.41) is 2.87. The zero-order valence-corrected chi connectivity index (χ0v) is 7.09. The summed E-state index contributed by atoms with van der Waals surface area (Å²) >= 11 is 0. The minimum Gasteiger partial charge on any atom is -0.381 e. The molecule has 0 saturated carbocycles. The molecule has 1 aliphatic heterocycles. The average Bonchev–Trinajstić information content (AvgIpc) is 2.35. The van der Waals surface area contributed by atoms with E-state index in [2.05, 4.69) is 5.32 Å². The zero-order chi connectivity index (χ0) is 8.27. The second-order valence-electron chi connectivity index (χ2n) is 3.22. The van der Waals surface area contributed by atoms with Crippen LogP contribution in [0.25, 0.3) is 0 Å². The number of amides is 1. The van der Waals surface area contributed by atoms with Crippen LogP contribution in [0.4, 0.5) is 0 Å². The Morgan fingerprint density at radius 2 is 2.45 bits per heavy atom. The maximum Gasteiger partial charge on any atom is 0.225 e. The molecule has 0 aromatic rings. The van der Waals surface area contributed by atoms with Crippen molar-refractivity contribution >= 4 is 5.91 Å². The third kappa shape index (κ3) is 2.50. The summed E-state index contributed by atoms with van der Waals surface area (Å²) in [5.41, 5.74) is 0. The lowest BCUT2D eigenvalue weighted by Gasteiger charge is -2.11. The van der Waals surface area contributed by atoms with Crippen molar-refractivity contribution in [2.24, 2.45) is 5.92 Å². The lowest BCUT2D eigenvalue weighted by atomic mass is 10.1. The van der Waals surface area contributed by atoms with Gasteiger partial charge in [0.1, 0.15) is 0 Å². The fourth-order valence-corrected chi connectivity index (χ4v) is 1.14. The Morgan fingerprint density at radius 3 is 2.91 bits per heavy atom. The normalized spacial score (nSPS) is 24.1. The van der Waals surface area contributed by atoms with Gasteiger partial charge in [0, 0.05) is 14.1 Å². The largest absolute Gasteiger partial charge is 0.381 e. The van der Waals surface area contributed by atoms with Gasteiger partial charge < -0.3 is 10.1 Å². The van der Waals surface area contributed by atoms with Gasteiger partial charge in [0.15, 0.2) is 0 Å². The first kappa shape index (κ1) is 8.53. The fraction of sp³-hybridized carbons (Fsp3) is 0.875. The molecule has 1 unspecified atom stereocenters. The van der Waals surface area contributed by atoms with Crippen LogP contribution in [-0.4, -0.2) is 25.2 Å². The molecule has 0 bridgehead atoms. The van der Waals surface area contributed by atoms with Crippen LogP contribution in [0.1, 0.15) is 21.7 Å². The molecule has 0 radical (unpaired) electrons. The molecule has 3 nitrogen and oxygen atoms in total. The number of rotatable bonds is 2. The Balaban J connectivity index is 0.00000121. The summed E-state index contributed by atoms with van der Waals surface area (Å²) in [6.45, 7) is 5.26. The zero-order valence-electron chi connectivity index (χ0n) is 7.09. The van der Waals surface area contributed by atoms with Crippen LogP contribution in [0.3, 0.4) is 0 Å². The van der Waals surface area contributed by atoms with Crippen molar-refractivity contribution in [3.8, 4) is 0 Å². The first-order valence-electron chi connectivity index (χ1n) is 4.08. The standard InChI is InChI=1S/C8H15NO2.H2/c1-6(2)9-8(10)7-3-4-11-5-7;/h6-7H,3-5H2,1-2H3,(H,9,10);1H. The summed E-state index contributed by atoms with van der Waals surface area (Å²) in [7, 11) is 0. The first-order chi connectivity index (χ1) is 5.20. The van der Waals surface area contributed by atoms with E-state index in [-0.39, 0.29) is 19.3 Å². The molecule has 1 N–H and O–H groups in total. The molecule has 0 spiro atoms. The van der Waals surface area contributed by atoms with Gasteiger partial charge >= 0.3 is 0 Å². The van der Waals surface area contributed by atoms with E-state index in [4.69, 9.17) is 4.74 Å². The Kier molecular flexibility index (Phi) is 2.88. The van der Waals surface area contributed by atoms with E-state index in [9.17, 15) is 4.79 Å². The number of nitrogens with one attached hydrogen (secondary N) is 1.